The molecule has 2 aliphatic rings. The first kappa shape index (κ1) is 18.6. The molecule has 0 bridgehead atoms. The van der Waals surface area contributed by atoms with Gasteiger partial charge in [0.1, 0.15) is 0 Å². The summed E-state index contributed by atoms with van der Waals surface area (Å²) in [5, 5.41) is 15.4. The number of methoxy groups -OCH3 is 2. The molecule has 3 aromatic carbocycles. The summed E-state index contributed by atoms with van der Waals surface area (Å²) in [6, 6.07) is 19.5. The van der Waals surface area contributed by atoms with Gasteiger partial charge in [-0.3, -0.25) is 0 Å². The summed E-state index contributed by atoms with van der Waals surface area (Å²) in [4.78, 5) is 11.9. The van der Waals surface area contributed by atoms with Crippen LogP contribution in [0, 0.1) is 5.92 Å². The molecule has 0 saturated heterocycles. The van der Waals surface area contributed by atoms with E-state index in [0.29, 0.717) is 17.2 Å². The summed E-state index contributed by atoms with van der Waals surface area (Å²) >= 11 is 0. The number of carboxylic acids is 1. The van der Waals surface area contributed by atoms with E-state index in [0.717, 1.165) is 17.5 Å². The predicted octanol–water partition coefficient (Wildman–Crippen LogP) is 3.54. The van der Waals surface area contributed by atoms with Crippen LogP contribution < -0.4 is 19.9 Å². The third kappa shape index (κ3) is 2.65. The molecule has 3 aromatic rings. The van der Waals surface area contributed by atoms with Crippen molar-refractivity contribution in [2.75, 3.05) is 19.5 Å². The summed E-state index contributed by atoms with van der Waals surface area (Å²) < 4.78 is 11.2. The van der Waals surface area contributed by atoms with Gasteiger partial charge in [-0.25, -0.2) is 0 Å². The lowest BCUT2D eigenvalue weighted by atomic mass is 9.74. The third-order valence-corrected chi connectivity index (χ3v) is 6.42. The van der Waals surface area contributed by atoms with Crippen molar-refractivity contribution in [3.8, 4) is 11.5 Å². The minimum Gasteiger partial charge on any atom is -0.545 e. The van der Waals surface area contributed by atoms with E-state index < -0.39 is 5.97 Å². The van der Waals surface area contributed by atoms with Gasteiger partial charge in [0.2, 0.25) is 0 Å². The molecule has 0 amide bonds. The Morgan fingerprint density at radius 3 is 2.43 bits per heavy atom. The van der Waals surface area contributed by atoms with Gasteiger partial charge in [-0.05, 0) is 35.1 Å². The van der Waals surface area contributed by atoms with E-state index in [-0.39, 0.29) is 23.4 Å². The second-order valence-corrected chi connectivity index (χ2v) is 7.81. The molecule has 5 heteroatoms. The van der Waals surface area contributed by atoms with E-state index in [9.17, 15) is 9.90 Å². The Kier molecular flexibility index (Phi) is 4.39. The van der Waals surface area contributed by atoms with Gasteiger partial charge in [-0.15, -0.1) is 0 Å². The maximum atomic E-state index is 11.9. The van der Waals surface area contributed by atoms with Gasteiger partial charge < -0.3 is 24.7 Å². The number of carbonyl (C=O) groups excluding carboxylic acids is 1. The number of fused-ring (bicyclic) bond motifs is 5. The summed E-state index contributed by atoms with van der Waals surface area (Å²) in [7, 11) is 3.25. The number of carbonyl (C=O) groups is 1. The molecular weight excluding hydrogens is 378 g/mol. The smallest absolute Gasteiger partial charge is 0.165 e. The highest BCUT2D eigenvalue weighted by Crippen LogP contribution is 2.55. The number of nitrogens with one attached hydrogen (secondary N) is 1. The van der Waals surface area contributed by atoms with E-state index in [4.69, 9.17) is 9.47 Å². The Labute approximate surface area is 175 Å². The minimum absolute atomic E-state index is 0.0951. The quantitative estimate of drug-likeness (QED) is 0.725. The molecule has 1 aliphatic carbocycles. The molecule has 5 rings (SSSR count). The summed E-state index contributed by atoms with van der Waals surface area (Å²) in [5.74, 6) is 0.454. The average Bonchev–Trinajstić information content (AvgIpc) is 3.17. The van der Waals surface area contributed by atoms with E-state index in [1.54, 1.807) is 26.4 Å². The first-order valence-electron chi connectivity index (χ1n) is 10.0. The Morgan fingerprint density at radius 1 is 0.933 bits per heavy atom. The zero-order valence-electron chi connectivity index (χ0n) is 16.8. The molecule has 0 fully saturated rings. The molecule has 1 N–H and O–H groups in total. The van der Waals surface area contributed by atoms with E-state index in [2.05, 4.69) is 23.5 Å². The van der Waals surface area contributed by atoms with Crippen LogP contribution in [0.15, 0.2) is 60.7 Å². The van der Waals surface area contributed by atoms with E-state index >= 15 is 0 Å². The molecule has 5 nitrogen and oxygen atoms in total. The molecule has 0 radical (unpaired) electrons. The largest absolute Gasteiger partial charge is 0.545 e. The lowest BCUT2D eigenvalue weighted by Crippen LogP contribution is -2.33. The second-order valence-electron chi connectivity index (χ2n) is 7.81. The molecule has 0 unspecified atom stereocenters. The summed E-state index contributed by atoms with van der Waals surface area (Å²) in [6.45, 7) is 0. The van der Waals surface area contributed by atoms with Crippen LogP contribution in [0.5, 0.6) is 11.5 Å². The van der Waals surface area contributed by atoms with Gasteiger partial charge in [-0.1, -0.05) is 54.6 Å². The maximum Gasteiger partial charge on any atom is 0.165 e. The van der Waals surface area contributed by atoms with Gasteiger partial charge in [0.25, 0.3) is 0 Å². The summed E-state index contributed by atoms with van der Waals surface area (Å²) in [6.07, 6.45) is 0.897. The van der Waals surface area contributed by atoms with Gasteiger partial charge in [-0.2, -0.15) is 0 Å². The van der Waals surface area contributed by atoms with Gasteiger partial charge >= 0.3 is 0 Å². The van der Waals surface area contributed by atoms with Crippen LogP contribution in [0.1, 0.15) is 44.6 Å². The highest BCUT2D eigenvalue weighted by atomic mass is 16.5. The van der Waals surface area contributed by atoms with Gasteiger partial charge in [0, 0.05) is 22.7 Å². The highest BCUT2D eigenvalue weighted by Gasteiger charge is 2.44. The Hall–Kier alpha value is -3.47. The lowest BCUT2D eigenvalue weighted by molar-refractivity contribution is -0.254. The Bertz CT molecular complexity index is 1140. The fourth-order valence-electron chi connectivity index (χ4n) is 5.22. The van der Waals surface area contributed by atoms with Crippen molar-refractivity contribution in [2.24, 2.45) is 5.92 Å². The molecule has 3 atom stereocenters. The third-order valence-electron chi connectivity index (χ3n) is 6.42. The maximum absolute atomic E-state index is 11.9. The van der Waals surface area contributed by atoms with Gasteiger partial charge in [0.05, 0.1) is 26.2 Å². The molecular formula is C25H22NO4-. The molecule has 0 aromatic heterocycles. The molecule has 30 heavy (non-hydrogen) atoms. The minimum atomic E-state index is -1.18. The number of hydrogen-bond donors (Lipinski definition) is 1. The normalized spacial score (nSPS) is 21.1. The van der Waals surface area contributed by atoms with Crippen LogP contribution in [0.4, 0.5) is 5.69 Å². The van der Waals surface area contributed by atoms with E-state index in [1.807, 2.05) is 30.3 Å². The van der Waals surface area contributed by atoms with Crippen molar-refractivity contribution < 1.29 is 19.4 Å². The number of hydrogen-bond acceptors (Lipinski definition) is 5. The van der Waals surface area contributed by atoms with Crippen LogP contribution in [0.3, 0.4) is 0 Å². The standard InChI is InChI=1S/C25H23NO4/c1-29-20-12-6-10-17(24(20)30-2)23-19-13-14-7-3-4-8-15(14)21(19)16-9-5-11-18(25(27)28)22(16)26-23/h3-12,19,21,23,26H,13H2,1-2H3,(H,27,28)/p-1/t19-,21-,23-/m0/s1. The molecule has 152 valence electrons. The molecule has 0 spiro atoms. The number of rotatable bonds is 4. The number of aromatic carboxylic acids is 1. The summed E-state index contributed by atoms with van der Waals surface area (Å²) in [5.41, 5.74) is 5.33. The van der Waals surface area contributed by atoms with Crippen molar-refractivity contribution in [1.82, 2.24) is 0 Å². The van der Waals surface area contributed by atoms with Crippen LogP contribution in [-0.2, 0) is 6.42 Å². The lowest BCUT2D eigenvalue weighted by Gasteiger charge is -2.39. The monoisotopic (exact) mass is 400 g/mol. The second kappa shape index (κ2) is 7.10. The van der Waals surface area contributed by atoms with Crippen molar-refractivity contribution in [3.05, 3.63) is 88.5 Å². The number of benzene rings is 3. The Morgan fingerprint density at radius 2 is 1.67 bits per heavy atom. The molecule has 1 aliphatic heterocycles. The fourth-order valence-corrected chi connectivity index (χ4v) is 5.22. The highest BCUT2D eigenvalue weighted by molar-refractivity contribution is 5.94. The topological polar surface area (TPSA) is 70.6 Å². The van der Waals surface area contributed by atoms with Gasteiger partial charge in [0.15, 0.2) is 11.5 Å². The number of ether oxygens (including phenoxy) is 2. The fraction of sp³-hybridized carbons (Fsp3) is 0.240. The Balaban J connectivity index is 1.74. The average molecular weight is 400 g/mol. The zero-order valence-corrected chi connectivity index (χ0v) is 16.8. The predicted molar refractivity (Wildman–Crippen MR) is 112 cm³/mol. The molecule has 0 saturated carbocycles. The van der Waals surface area contributed by atoms with E-state index in [1.165, 1.54) is 11.1 Å². The molecule has 1 heterocycles. The SMILES string of the molecule is COc1cccc([C@@H]2Nc3c(C(=O)[O-])cccc3[C@@H]3c4ccccc4C[C@@H]32)c1OC. The van der Waals surface area contributed by atoms with Crippen LogP contribution in [0.25, 0.3) is 0 Å². The number of para-hydroxylation sites is 2. The zero-order chi connectivity index (χ0) is 20.8. The van der Waals surface area contributed by atoms with Crippen molar-refractivity contribution in [1.29, 1.82) is 0 Å². The van der Waals surface area contributed by atoms with Crippen molar-refractivity contribution >= 4 is 11.7 Å². The number of anilines is 1. The van der Waals surface area contributed by atoms with Crippen LogP contribution in [0.2, 0.25) is 0 Å². The van der Waals surface area contributed by atoms with Crippen molar-refractivity contribution in [3.63, 3.8) is 0 Å². The number of carboxylic acid groups (broad SMARTS) is 1. The first-order valence-corrected chi connectivity index (χ1v) is 10.0. The van der Waals surface area contributed by atoms with Crippen molar-refractivity contribution in [2.45, 2.75) is 18.4 Å². The van der Waals surface area contributed by atoms with Crippen LogP contribution >= 0.6 is 0 Å². The first-order chi connectivity index (χ1) is 14.6. The van der Waals surface area contributed by atoms with Crippen LogP contribution in [-0.4, -0.2) is 20.2 Å².